The maximum Gasteiger partial charge on any atom is 0.267 e. The first kappa shape index (κ1) is 12.6. The lowest BCUT2D eigenvalue weighted by Gasteiger charge is -2.08. The molecule has 0 radical (unpaired) electrons. The van der Waals surface area contributed by atoms with E-state index in [4.69, 9.17) is 0 Å². The third-order valence-electron chi connectivity index (χ3n) is 2.18. The average molecular weight is 221 g/mol. The summed E-state index contributed by atoms with van der Waals surface area (Å²) in [7, 11) is 0. The van der Waals surface area contributed by atoms with Gasteiger partial charge >= 0.3 is 0 Å². The predicted octanol–water partition coefficient (Wildman–Crippen LogP) is 1.11. The van der Waals surface area contributed by atoms with E-state index in [2.05, 4.69) is 23.9 Å². The second-order valence-electron chi connectivity index (χ2n) is 3.90. The molecule has 1 aromatic rings. The third kappa shape index (κ3) is 3.98. The molecule has 0 unspecified atom stereocenters. The van der Waals surface area contributed by atoms with Crippen molar-refractivity contribution >= 4 is 0 Å². The standard InChI is InChI=1S/C12H19N3O/c1-4-7-13-8-10(2)9-15-12(16)6-5-11(3)14-15/h5-6,13H,2,4,7-9H2,1,3H3. The van der Waals surface area contributed by atoms with Crippen molar-refractivity contribution in [2.24, 2.45) is 0 Å². The van der Waals surface area contributed by atoms with Gasteiger partial charge in [-0.05, 0) is 31.5 Å². The van der Waals surface area contributed by atoms with Crippen molar-refractivity contribution in [2.45, 2.75) is 26.8 Å². The highest BCUT2D eigenvalue weighted by Gasteiger charge is 2.00. The minimum absolute atomic E-state index is 0.0813. The first-order chi connectivity index (χ1) is 7.63. The molecule has 0 atom stereocenters. The minimum Gasteiger partial charge on any atom is -0.313 e. The maximum atomic E-state index is 11.5. The molecule has 0 saturated heterocycles. The van der Waals surface area contributed by atoms with Crippen LogP contribution in [0.4, 0.5) is 0 Å². The first-order valence-corrected chi connectivity index (χ1v) is 5.55. The van der Waals surface area contributed by atoms with E-state index in [9.17, 15) is 4.79 Å². The average Bonchev–Trinajstić information content (AvgIpc) is 2.24. The summed E-state index contributed by atoms with van der Waals surface area (Å²) in [4.78, 5) is 11.5. The van der Waals surface area contributed by atoms with Crippen LogP contribution in [0, 0.1) is 6.92 Å². The van der Waals surface area contributed by atoms with Crippen LogP contribution in [0.15, 0.2) is 29.1 Å². The smallest absolute Gasteiger partial charge is 0.267 e. The maximum absolute atomic E-state index is 11.5. The van der Waals surface area contributed by atoms with Gasteiger partial charge in [0.05, 0.1) is 12.2 Å². The monoisotopic (exact) mass is 221 g/mol. The number of aromatic nitrogens is 2. The number of nitrogens with one attached hydrogen (secondary N) is 1. The summed E-state index contributed by atoms with van der Waals surface area (Å²) in [6.07, 6.45) is 1.09. The quantitative estimate of drug-likeness (QED) is 0.578. The molecule has 0 spiro atoms. The van der Waals surface area contributed by atoms with E-state index >= 15 is 0 Å². The molecule has 1 N–H and O–H groups in total. The molecule has 0 aliphatic carbocycles. The van der Waals surface area contributed by atoms with Crippen LogP contribution in [-0.4, -0.2) is 22.9 Å². The highest BCUT2D eigenvalue weighted by molar-refractivity contribution is 5.01. The van der Waals surface area contributed by atoms with Gasteiger partial charge in [-0.2, -0.15) is 5.10 Å². The summed E-state index contributed by atoms with van der Waals surface area (Å²) in [6.45, 7) is 10.1. The topological polar surface area (TPSA) is 46.9 Å². The number of nitrogens with zero attached hydrogens (tertiary/aromatic N) is 2. The lowest BCUT2D eigenvalue weighted by Crippen LogP contribution is -2.26. The fourth-order valence-corrected chi connectivity index (χ4v) is 1.37. The van der Waals surface area contributed by atoms with Crippen molar-refractivity contribution < 1.29 is 0 Å². The van der Waals surface area contributed by atoms with Gasteiger partial charge in [-0.15, -0.1) is 0 Å². The van der Waals surface area contributed by atoms with Crippen LogP contribution in [0.3, 0.4) is 0 Å². The largest absolute Gasteiger partial charge is 0.313 e. The molecule has 0 saturated carbocycles. The Balaban J connectivity index is 2.56. The Morgan fingerprint density at radius 1 is 1.56 bits per heavy atom. The van der Waals surface area contributed by atoms with Gasteiger partial charge in [0.15, 0.2) is 0 Å². The number of hydrogen-bond acceptors (Lipinski definition) is 3. The van der Waals surface area contributed by atoms with E-state index in [1.165, 1.54) is 10.7 Å². The van der Waals surface area contributed by atoms with Crippen molar-refractivity contribution in [1.82, 2.24) is 15.1 Å². The fraction of sp³-hybridized carbons (Fsp3) is 0.500. The summed E-state index contributed by atoms with van der Waals surface area (Å²) >= 11 is 0. The fourth-order valence-electron chi connectivity index (χ4n) is 1.37. The van der Waals surface area contributed by atoms with E-state index in [0.29, 0.717) is 6.54 Å². The van der Waals surface area contributed by atoms with Gasteiger partial charge in [-0.25, -0.2) is 4.68 Å². The summed E-state index contributed by atoms with van der Waals surface area (Å²) in [5.41, 5.74) is 1.73. The van der Waals surface area contributed by atoms with E-state index in [1.807, 2.05) is 6.92 Å². The van der Waals surface area contributed by atoms with Gasteiger partial charge in [-0.3, -0.25) is 4.79 Å². The highest BCUT2D eigenvalue weighted by Crippen LogP contribution is 1.93. The Labute approximate surface area is 96.0 Å². The zero-order valence-corrected chi connectivity index (χ0v) is 9.99. The summed E-state index contributed by atoms with van der Waals surface area (Å²) in [6, 6.07) is 3.26. The minimum atomic E-state index is -0.0813. The molecule has 88 valence electrons. The lowest BCUT2D eigenvalue weighted by molar-refractivity contribution is 0.596. The van der Waals surface area contributed by atoms with Crippen molar-refractivity contribution in [3.8, 4) is 0 Å². The second kappa shape index (κ2) is 6.23. The Morgan fingerprint density at radius 2 is 2.31 bits per heavy atom. The van der Waals surface area contributed by atoms with Gasteiger partial charge in [0, 0.05) is 12.6 Å². The molecule has 16 heavy (non-hydrogen) atoms. The van der Waals surface area contributed by atoms with Crippen LogP contribution < -0.4 is 10.9 Å². The second-order valence-corrected chi connectivity index (χ2v) is 3.90. The Hall–Kier alpha value is -1.42. The molecule has 4 nitrogen and oxygen atoms in total. The van der Waals surface area contributed by atoms with E-state index < -0.39 is 0 Å². The summed E-state index contributed by atoms with van der Waals surface area (Å²) < 4.78 is 1.45. The van der Waals surface area contributed by atoms with Crippen LogP contribution >= 0.6 is 0 Å². The zero-order chi connectivity index (χ0) is 12.0. The van der Waals surface area contributed by atoms with Crippen LogP contribution in [0.5, 0.6) is 0 Å². The van der Waals surface area contributed by atoms with Crippen molar-refractivity contribution in [3.05, 3.63) is 40.3 Å². The molecule has 0 fully saturated rings. The highest BCUT2D eigenvalue weighted by atomic mass is 16.1. The molecule has 1 aromatic heterocycles. The molecule has 0 aromatic carbocycles. The van der Waals surface area contributed by atoms with Gasteiger partial charge in [0.25, 0.3) is 5.56 Å². The molecule has 1 rings (SSSR count). The molecule has 0 aliphatic heterocycles. The number of hydrogen-bond donors (Lipinski definition) is 1. The third-order valence-corrected chi connectivity index (χ3v) is 2.18. The van der Waals surface area contributed by atoms with E-state index in [-0.39, 0.29) is 5.56 Å². The van der Waals surface area contributed by atoms with E-state index in [0.717, 1.165) is 30.8 Å². The van der Waals surface area contributed by atoms with Crippen LogP contribution in [-0.2, 0) is 6.54 Å². The van der Waals surface area contributed by atoms with Crippen LogP contribution in [0.2, 0.25) is 0 Å². The number of rotatable bonds is 6. The molecule has 0 bridgehead atoms. The first-order valence-electron chi connectivity index (χ1n) is 5.55. The Bertz CT molecular complexity index is 409. The number of aryl methyl sites for hydroxylation is 1. The lowest BCUT2D eigenvalue weighted by atomic mass is 10.3. The van der Waals surface area contributed by atoms with Crippen molar-refractivity contribution in [2.75, 3.05) is 13.1 Å². The zero-order valence-electron chi connectivity index (χ0n) is 9.99. The SMILES string of the molecule is C=C(CNCCC)Cn1nc(C)ccc1=O. The normalized spacial score (nSPS) is 10.4. The molecule has 0 amide bonds. The van der Waals surface area contributed by atoms with Crippen LogP contribution in [0.25, 0.3) is 0 Å². The van der Waals surface area contributed by atoms with Gasteiger partial charge in [-0.1, -0.05) is 13.5 Å². The summed E-state index contributed by atoms with van der Waals surface area (Å²) in [5, 5.41) is 7.40. The van der Waals surface area contributed by atoms with Crippen LogP contribution in [0.1, 0.15) is 19.0 Å². The van der Waals surface area contributed by atoms with E-state index in [1.54, 1.807) is 6.07 Å². The summed E-state index contributed by atoms with van der Waals surface area (Å²) in [5.74, 6) is 0. The predicted molar refractivity (Wildman–Crippen MR) is 65.5 cm³/mol. The molecule has 4 heteroatoms. The Kier molecular flexibility index (Phi) is 4.92. The molecule has 0 aliphatic rings. The molecular formula is C12H19N3O. The van der Waals surface area contributed by atoms with Gasteiger partial charge in [0.1, 0.15) is 0 Å². The van der Waals surface area contributed by atoms with Crippen molar-refractivity contribution in [1.29, 1.82) is 0 Å². The van der Waals surface area contributed by atoms with Gasteiger partial charge < -0.3 is 5.32 Å². The Morgan fingerprint density at radius 3 is 3.00 bits per heavy atom. The molecular weight excluding hydrogens is 202 g/mol. The molecule has 1 heterocycles. The van der Waals surface area contributed by atoms with Gasteiger partial charge in [0.2, 0.25) is 0 Å². The van der Waals surface area contributed by atoms with Crippen molar-refractivity contribution in [3.63, 3.8) is 0 Å².